The van der Waals surface area contributed by atoms with Crippen molar-refractivity contribution in [2.24, 2.45) is 0 Å². The van der Waals surface area contributed by atoms with Crippen LogP contribution in [0.1, 0.15) is 16.2 Å². The topological polar surface area (TPSA) is 80.3 Å². The van der Waals surface area contributed by atoms with Crippen molar-refractivity contribution in [3.05, 3.63) is 66.2 Å². The van der Waals surface area contributed by atoms with Crippen molar-refractivity contribution in [2.45, 2.75) is 6.92 Å². The van der Waals surface area contributed by atoms with Gasteiger partial charge in [-0.1, -0.05) is 18.2 Å². The second-order valence-corrected chi connectivity index (χ2v) is 7.08. The first-order valence-electron chi connectivity index (χ1n) is 9.56. The molecule has 0 aliphatic carbocycles. The Morgan fingerprint density at radius 1 is 0.966 bits per heavy atom. The molecule has 1 aliphatic heterocycles. The Bertz CT molecular complexity index is 1120. The van der Waals surface area contributed by atoms with Crippen molar-refractivity contribution in [3.8, 4) is 5.82 Å². The first-order valence-corrected chi connectivity index (χ1v) is 9.56. The Morgan fingerprint density at radius 2 is 1.72 bits per heavy atom. The van der Waals surface area contributed by atoms with E-state index in [0.29, 0.717) is 37.8 Å². The van der Waals surface area contributed by atoms with E-state index in [2.05, 4.69) is 20.2 Å². The molecule has 1 amide bonds. The zero-order valence-electron chi connectivity index (χ0n) is 16.0. The minimum atomic E-state index is -0.0728. The van der Waals surface area contributed by atoms with Crippen molar-refractivity contribution in [1.82, 2.24) is 24.9 Å². The van der Waals surface area contributed by atoms with Gasteiger partial charge in [-0.05, 0) is 37.3 Å². The van der Waals surface area contributed by atoms with Crippen LogP contribution in [0.5, 0.6) is 0 Å². The summed E-state index contributed by atoms with van der Waals surface area (Å²) in [6, 6.07) is 15.2. The number of amides is 1. The number of hydrogen-bond donors (Lipinski definition) is 0. The number of carbonyl (C=O) groups excluding carboxylic acids is 1. The lowest BCUT2D eigenvalue weighted by Crippen LogP contribution is -2.49. The largest absolute Gasteiger partial charge is 0.451 e. The average Bonchev–Trinajstić information content (AvgIpc) is 3.40. The number of piperazine rings is 1. The molecule has 146 valence electrons. The molecule has 5 rings (SSSR count). The van der Waals surface area contributed by atoms with E-state index in [0.717, 1.165) is 22.5 Å². The third-order valence-electron chi connectivity index (χ3n) is 5.12. The van der Waals surface area contributed by atoms with E-state index in [1.165, 1.54) is 0 Å². The maximum Gasteiger partial charge on any atom is 0.289 e. The number of nitrogens with zero attached hydrogens (tertiary/aromatic N) is 6. The van der Waals surface area contributed by atoms with Gasteiger partial charge in [0.25, 0.3) is 5.91 Å². The molecular weight excluding hydrogens is 368 g/mol. The van der Waals surface area contributed by atoms with Crippen LogP contribution in [0.2, 0.25) is 0 Å². The average molecular weight is 388 g/mol. The number of hydrogen-bond acceptors (Lipinski definition) is 6. The molecule has 1 fully saturated rings. The van der Waals surface area contributed by atoms with E-state index in [1.807, 2.05) is 66.6 Å². The third kappa shape index (κ3) is 3.33. The minimum absolute atomic E-state index is 0.0728. The van der Waals surface area contributed by atoms with E-state index >= 15 is 0 Å². The smallest absolute Gasteiger partial charge is 0.289 e. The van der Waals surface area contributed by atoms with Gasteiger partial charge in [-0.3, -0.25) is 4.79 Å². The van der Waals surface area contributed by atoms with Gasteiger partial charge in [0.1, 0.15) is 5.58 Å². The fourth-order valence-corrected chi connectivity index (χ4v) is 3.53. The molecule has 29 heavy (non-hydrogen) atoms. The Kier molecular flexibility index (Phi) is 4.23. The highest BCUT2D eigenvalue weighted by atomic mass is 16.3. The highest BCUT2D eigenvalue weighted by Gasteiger charge is 2.25. The Morgan fingerprint density at radius 3 is 2.41 bits per heavy atom. The molecular formula is C21H20N6O2. The van der Waals surface area contributed by atoms with Crippen LogP contribution in [-0.4, -0.2) is 57.0 Å². The van der Waals surface area contributed by atoms with E-state index in [-0.39, 0.29) is 5.91 Å². The van der Waals surface area contributed by atoms with E-state index in [9.17, 15) is 4.79 Å². The molecule has 1 aliphatic rings. The predicted octanol–water partition coefficient (Wildman–Crippen LogP) is 2.68. The van der Waals surface area contributed by atoms with E-state index in [1.54, 1.807) is 4.68 Å². The number of benzene rings is 1. The lowest BCUT2D eigenvalue weighted by molar-refractivity contribution is 0.0717. The molecule has 1 aromatic carbocycles. The summed E-state index contributed by atoms with van der Waals surface area (Å²) in [6.07, 6.45) is 1.86. The Hall–Kier alpha value is -3.68. The standard InChI is InChI=1S/C21H20N6O2/c1-15-8-9-27(24-15)20-7-6-19(22-23-20)25-10-12-26(13-11-25)21(28)18-14-16-4-2-3-5-17(16)29-18/h2-9,14H,10-13H2,1H3. The van der Waals surface area contributed by atoms with Gasteiger partial charge in [0.05, 0.1) is 5.69 Å². The molecule has 1 saturated heterocycles. The van der Waals surface area contributed by atoms with Crippen molar-refractivity contribution < 1.29 is 9.21 Å². The number of para-hydroxylation sites is 1. The van der Waals surface area contributed by atoms with Gasteiger partial charge in [0.15, 0.2) is 17.4 Å². The molecule has 8 heteroatoms. The SMILES string of the molecule is Cc1ccn(-c2ccc(N3CCN(C(=O)c4cc5ccccc5o4)CC3)nn2)n1. The van der Waals surface area contributed by atoms with Crippen LogP contribution in [0.4, 0.5) is 5.82 Å². The Balaban J connectivity index is 1.24. The number of fused-ring (bicyclic) bond motifs is 1. The fourth-order valence-electron chi connectivity index (χ4n) is 3.53. The molecule has 0 saturated carbocycles. The molecule has 0 N–H and O–H groups in total. The normalized spacial score (nSPS) is 14.5. The van der Waals surface area contributed by atoms with Crippen LogP contribution in [0, 0.1) is 6.92 Å². The van der Waals surface area contributed by atoms with Crippen LogP contribution in [-0.2, 0) is 0 Å². The highest BCUT2D eigenvalue weighted by Crippen LogP contribution is 2.21. The number of aromatic nitrogens is 4. The molecule has 3 aromatic heterocycles. The molecule has 4 heterocycles. The Labute approximate surface area is 167 Å². The molecule has 4 aromatic rings. The van der Waals surface area contributed by atoms with Crippen LogP contribution < -0.4 is 4.90 Å². The van der Waals surface area contributed by atoms with Crippen molar-refractivity contribution in [1.29, 1.82) is 0 Å². The molecule has 0 unspecified atom stereocenters. The number of carbonyl (C=O) groups is 1. The van der Waals surface area contributed by atoms with Crippen molar-refractivity contribution in [3.63, 3.8) is 0 Å². The number of furan rings is 1. The maximum atomic E-state index is 12.8. The monoisotopic (exact) mass is 388 g/mol. The summed E-state index contributed by atoms with van der Waals surface area (Å²) in [5.74, 6) is 1.80. The summed E-state index contributed by atoms with van der Waals surface area (Å²) in [5, 5.41) is 13.9. The quantitative estimate of drug-likeness (QED) is 0.537. The lowest BCUT2D eigenvalue weighted by Gasteiger charge is -2.34. The number of anilines is 1. The third-order valence-corrected chi connectivity index (χ3v) is 5.12. The predicted molar refractivity (Wildman–Crippen MR) is 108 cm³/mol. The molecule has 8 nitrogen and oxygen atoms in total. The van der Waals surface area contributed by atoms with Gasteiger partial charge in [0.2, 0.25) is 0 Å². The summed E-state index contributed by atoms with van der Waals surface area (Å²) in [6.45, 7) is 4.54. The van der Waals surface area contributed by atoms with Crippen molar-refractivity contribution in [2.75, 3.05) is 31.1 Å². The van der Waals surface area contributed by atoms with Crippen LogP contribution >= 0.6 is 0 Å². The van der Waals surface area contributed by atoms with Gasteiger partial charge < -0.3 is 14.2 Å². The van der Waals surface area contributed by atoms with E-state index < -0.39 is 0 Å². The second kappa shape index (κ2) is 7.05. The zero-order chi connectivity index (χ0) is 19.8. The molecule has 0 spiro atoms. The summed E-state index contributed by atoms with van der Waals surface area (Å²) >= 11 is 0. The van der Waals surface area contributed by atoms with Gasteiger partial charge in [-0.25, -0.2) is 4.68 Å². The lowest BCUT2D eigenvalue weighted by atomic mass is 10.2. The first-order chi connectivity index (χ1) is 14.2. The van der Waals surface area contributed by atoms with E-state index in [4.69, 9.17) is 4.42 Å². The summed E-state index contributed by atoms with van der Waals surface area (Å²) in [5.41, 5.74) is 1.67. The van der Waals surface area contributed by atoms with Crippen LogP contribution in [0.3, 0.4) is 0 Å². The molecule has 0 bridgehead atoms. The molecule has 0 atom stereocenters. The van der Waals surface area contributed by atoms with Gasteiger partial charge in [-0.15, -0.1) is 10.2 Å². The van der Waals surface area contributed by atoms with Crippen LogP contribution in [0.25, 0.3) is 16.8 Å². The summed E-state index contributed by atoms with van der Waals surface area (Å²) < 4.78 is 7.42. The summed E-state index contributed by atoms with van der Waals surface area (Å²) in [7, 11) is 0. The molecule has 0 radical (unpaired) electrons. The van der Waals surface area contributed by atoms with Gasteiger partial charge in [0, 0.05) is 37.8 Å². The number of rotatable bonds is 3. The minimum Gasteiger partial charge on any atom is -0.451 e. The first kappa shape index (κ1) is 17.4. The zero-order valence-corrected chi connectivity index (χ0v) is 16.0. The van der Waals surface area contributed by atoms with Gasteiger partial charge >= 0.3 is 0 Å². The highest BCUT2D eigenvalue weighted by molar-refractivity contribution is 5.96. The van der Waals surface area contributed by atoms with Crippen molar-refractivity contribution >= 4 is 22.7 Å². The summed E-state index contributed by atoms with van der Waals surface area (Å²) in [4.78, 5) is 16.7. The van der Waals surface area contributed by atoms with Gasteiger partial charge in [-0.2, -0.15) is 5.10 Å². The maximum absolute atomic E-state index is 12.8. The van der Waals surface area contributed by atoms with Crippen LogP contribution in [0.15, 0.2) is 59.1 Å². The number of aryl methyl sites for hydroxylation is 1. The second-order valence-electron chi connectivity index (χ2n) is 7.08. The fraction of sp³-hybridized carbons (Fsp3) is 0.238.